The van der Waals surface area contributed by atoms with Gasteiger partial charge < -0.3 is 9.30 Å². The lowest BCUT2D eigenvalue weighted by molar-refractivity contribution is -0.108. The van der Waals surface area contributed by atoms with E-state index in [1.54, 1.807) is 7.11 Å². The number of hydrogen-bond acceptors (Lipinski definition) is 4. The number of imidazole rings is 1. The molecule has 1 aromatic heterocycles. The second-order valence-electron chi connectivity index (χ2n) is 5.41. The van der Waals surface area contributed by atoms with E-state index in [0.717, 1.165) is 30.7 Å². The molecule has 0 saturated heterocycles. The highest BCUT2D eigenvalue weighted by atomic mass is 32.2. The zero-order valence-corrected chi connectivity index (χ0v) is 14.7. The predicted molar refractivity (Wildman–Crippen MR) is 94.6 cm³/mol. The van der Waals surface area contributed by atoms with Gasteiger partial charge in [0, 0.05) is 19.8 Å². The van der Waals surface area contributed by atoms with Crippen LogP contribution in [0.2, 0.25) is 0 Å². The van der Waals surface area contributed by atoms with Crippen molar-refractivity contribution in [3.63, 3.8) is 0 Å². The maximum atomic E-state index is 11.6. The number of ether oxygens (including phenoxy) is 1. The number of carbonyl (C=O) groups is 1. The van der Waals surface area contributed by atoms with Crippen LogP contribution in [0, 0.1) is 0 Å². The second kappa shape index (κ2) is 9.34. The van der Waals surface area contributed by atoms with Crippen LogP contribution in [-0.4, -0.2) is 39.1 Å². The molecule has 7 heteroatoms. The van der Waals surface area contributed by atoms with Gasteiger partial charge in [0.05, 0.1) is 23.5 Å². The van der Waals surface area contributed by atoms with E-state index in [1.165, 1.54) is 0 Å². The minimum atomic E-state index is -1.26. The molecule has 1 amide bonds. The SMILES string of the molecule is CCOC.O=CNS(=O)C1CC(n2cncc2-c2ccccc2)C1. The molecule has 1 aromatic carbocycles. The van der Waals surface area contributed by atoms with Gasteiger partial charge in [0.15, 0.2) is 0 Å². The largest absolute Gasteiger partial charge is 0.385 e. The monoisotopic (exact) mass is 349 g/mol. The van der Waals surface area contributed by atoms with Crippen LogP contribution in [0.15, 0.2) is 42.9 Å². The fourth-order valence-electron chi connectivity index (χ4n) is 2.51. The molecule has 1 atom stereocenters. The maximum Gasteiger partial charge on any atom is 0.218 e. The van der Waals surface area contributed by atoms with E-state index in [2.05, 4.69) is 31.1 Å². The predicted octanol–water partition coefficient (Wildman–Crippen LogP) is 2.32. The molecular weight excluding hydrogens is 326 g/mol. The third-order valence-corrected chi connectivity index (χ3v) is 5.27. The molecule has 1 fully saturated rings. The van der Waals surface area contributed by atoms with Crippen LogP contribution in [0.1, 0.15) is 25.8 Å². The van der Waals surface area contributed by atoms with E-state index >= 15 is 0 Å². The van der Waals surface area contributed by atoms with Crippen LogP contribution in [0.4, 0.5) is 0 Å². The maximum absolute atomic E-state index is 11.6. The van der Waals surface area contributed by atoms with Crippen LogP contribution in [-0.2, 0) is 20.5 Å². The molecule has 2 aromatic rings. The van der Waals surface area contributed by atoms with Crippen LogP contribution in [0.25, 0.3) is 11.3 Å². The van der Waals surface area contributed by atoms with Crippen molar-refractivity contribution in [1.82, 2.24) is 14.3 Å². The average Bonchev–Trinajstić information content (AvgIpc) is 3.04. The van der Waals surface area contributed by atoms with Gasteiger partial charge in [0.1, 0.15) is 11.0 Å². The Morgan fingerprint density at radius 3 is 2.62 bits per heavy atom. The highest BCUT2D eigenvalue weighted by molar-refractivity contribution is 7.84. The Balaban J connectivity index is 0.000000471. The number of carbonyl (C=O) groups excluding carboxylic acids is 1. The van der Waals surface area contributed by atoms with E-state index in [4.69, 9.17) is 0 Å². The summed E-state index contributed by atoms with van der Waals surface area (Å²) in [4.78, 5) is 14.5. The van der Waals surface area contributed by atoms with Crippen LogP contribution < -0.4 is 4.72 Å². The van der Waals surface area contributed by atoms with E-state index in [0.29, 0.717) is 12.5 Å². The van der Waals surface area contributed by atoms with Crippen molar-refractivity contribution < 1.29 is 13.7 Å². The Morgan fingerprint density at radius 1 is 1.38 bits per heavy atom. The summed E-state index contributed by atoms with van der Waals surface area (Å²) in [5.74, 6) is 0. The molecule has 130 valence electrons. The lowest BCUT2D eigenvalue weighted by Gasteiger charge is -2.35. The third-order valence-electron chi connectivity index (χ3n) is 3.95. The van der Waals surface area contributed by atoms with E-state index in [1.807, 2.05) is 37.6 Å². The highest BCUT2D eigenvalue weighted by Gasteiger charge is 2.35. The van der Waals surface area contributed by atoms with Gasteiger partial charge in [-0.15, -0.1) is 0 Å². The Morgan fingerprint density at radius 2 is 2.04 bits per heavy atom. The van der Waals surface area contributed by atoms with Gasteiger partial charge in [-0.25, -0.2) is 9.19 Å². The molecule has 3 rings (SSSR count). The standard InChI is InChI=1S/C14H15N3O2S.C3H8O/c18-10-16-20(19)13-6-12(7-13)17-9-15-8-14(17)11-4-2-1-3-5-11;1-3-4-2/h1-5,8-10,12-13H,6-7H2,(H,16,18);3H2,1-2H3. The molecule has 1 aliphatic rings. The molecule has 0 radical (unpaired) electrons. The number of methoxy groups -OCH3 is 1. The number of amides is 1. The van der Waals surface area contributed by atoms with Gasteiger partial charge >= 0.3 is 0 Å². The number of benzene rings is 1. The Bertz CT molecular complexity index is 652. The van der Waals surface area contributed by atoms with Crippen molar-refractivity contribution in [3.8, 4) is 11.3 Å². The lowest BCUT2D eigenvalue weighted by Crippen LogP contribution is -2.39. The van der Waals surface area contributed by atoms with Crippen molar-refractivity contribution >= 4 is 17.4 Å². The van der Waals surface area contributed by atoms with Gasteiger partial charge in [-0.1, -0.05) is 30.3 Å². The molecule has 1 heterocycles. The molecule has 1 N–H and O–H groups in total. The molecule has 1 aliphatic carbocycles. The molecule has 0 bridgehead atoms. The molecule has 6 nitrogen and oxygen atoms in total. The Kier molecular flexibility index (Phi) is 7.14. The van der Waals surface area contributed by atoms with Gasteiger partial charge in [-0.05, 0) is 25.3 Å². The highest BCUT2D eigenvalue weighted by Crippen LogP contribution is 2.37. The Labute approximate surface area is 144 Å². The summed E-state index contributed by atoms with van der Waals surface area (Å²) in [6.45, 7) is 2.78. The zero-order valence-electron chi connectivity index (χ0n) is 13.9. The first-order valence-corrected chi connectivity index (χ1v) is 9.09. The van der Waals surface area contributed by atoms with E-state index in [-0.39, 0.29) is 5.25 Å². The summed E-state index contributed by atoms with van der Waals surface area (Å²) in [7, 11) is 0.417. The third kappa shape index (κ3) is 4.52. The van der Waals surface area contributed by atoms with Gasteiger partial charge in [-0.3, -0.25) is 9.52 Å². The summed E-state index contributed by atoms with van der Waals surface area (Å²) in [6, 6.07) is 10.4. The van der Waals surface area contributed by atoms with Crippen LogP contribution in [0.3, 0.4) is 0 Å². The average molecular weight is 349 g/mol. The van der Waals surface area contributed by atoms with E-state index < -0.39 is 11.0 Å². The summed E-state index contributed by atoms with van der Waals surface area (Å²) in [5.41, 5.74) is 2.20. The number of nitrogens with one attached hydrogen (secondary N) is 1. The van der Waals surface area contributed by atoms with Crippen LogP contribution >= 0.6 is 0 Å². The molecule has 0 spiro atoms. The van der Waals surface area contributed by atoms with Gasteiger partial charge in [-0.2, -0.15) is 0 Å². The second-order valence-corrected chi connectivity index (χ2v) is 6.91. The molecule has 0 aliphatic heterocycles. The number of hydrogen-bond donors (Lipinski definition) is 1. The topological polar surface area (TPSA) is 73.2 Å². The number of rotatable bonds is 6. The zero-order chi connectivity index (χ0) is 17.4. The lowest BCUT2D eigenvalue weighted by atomic mass is 9.91. The first-order chi connectivity index (χ1) is 11.7. The fourth-order valence-corrected chi connectivity index (χ4v) is 3.59. The van der Waals surface area contributed by atoms with E-state index in [9.17, 15) is 9.00 Å². The quantitative estimate of drug-likeness (QED) is 0.812. The summed E-state index contributed by atoms with van der Waals surface area (Å²) < 4.78 is 20.6. The van der Waals surface area contributed by atoms with Crippen molar-refractivity contribution in [1.29, 1.82) is 0 Å². The van der Waals surface area contributed by atoms with Gasteiger partial charge in [0.2, 0.25) is 6.41 Å². The van der Waals surface area contributed by atoms with Crippen molar-refractivity contribution in [2.24, 2.45) is 0 Å². The Hall–Kier alpha value is -1.99. The molecule has 24 heavy (non-hydrogen) atoms. The number of nitrogens with zero attached hydrogens (tertiary/aromatic N) is 2. The minimum absolute atomic E-state index is 0.0382. The molecule has 1 unspecified atom stereocenters. The molecule has 1 saturated carbocycles. The summed E-state index contributed by atoms with van der Waals surface area (Å²) in [6.07, 6.45) is 5.76. The first kappa shape index (κ1) is 18.4. The smallest absolute Gasteiger partial charge is 0.218 e. The van der Waals surface area contributed by atoms with Crippen molar-refractivity contribution in [2.45, 2.75) is 31.1 Å². The molecular formula is C17H23N3O3S. The summed E-state index contributed by atoms with van der Waals surface area (Å²) in [5, 5.41) is 0.0382. The first-order valence-electron chi connectivity index (χ1n) is 7.87. The number of aromatic nitrogens is 2. The van der Waals surface area contributed by atoms with Crippen LogP contribution in [0.5, 0.6) is 0 Å². The van der Waals surface area contributed by atoms with Crippen molar-refractivity contribution in [2.75, 3.05) is 13.7 Å². The van der Waals surface area contributed by atoms with Gasteiger partial charge in [0.25, 0.3) is 0 Å². The normalized spacial score (nSPS) is 20.2. The summed E-state index contributed by atoms with van der Waals surface area (Å²) >= 11 is 0. The fraction of sp³-hybridized carbons (Fsp3) is 0.412. The van der Waals surface area contributed by atoms with Crippen molar-refractivity contribution in [3.05, 3.63) is 42.9 Å². The minimum Gasteiger partial charge on any atom is -0.385 e.